The monoisotopic (exact) mass is 488 g/mol. The number of amidine groups is 2. The van der Waals surface area contributed by atoms with Gasteiger partial charge >= 0.3 is 11.7 Å². The van der Waals surface area contributed by atoms with Gasteiger partial charge in [-0.3, -0.25) is 0 Å². The van der Waals surface area contributed by atoms with Gasteiger partial charge in [0.2, 0.25) is 10.0 Å². The summed E-state index contributed by atoms with van der Waals surface area (Å²) in [6.45, 7) is 18.1. The minimum absolute atomic E-state index is 0.180. The van der Waals surface area contributed by atoms with Gasteiger partial charge in [0.25, 0.3) is 0 Å². The molecule has 0 N–H and O–H groups in total. The van der Waals surface area contributed by atoms with Crippen LogP contribution in [0.4, 0.5) is 10.0 Å². The van der Waals surface area contributed by atoms with Crippen molar-refractivity contribution < 1.29 is 4.74 Å². The summed E-state index contributed by atoms with van der Waals surface area (Å²) in [6, 6.07) is 7.40. The molecule has 0 bridgehead atoms. The molecule has 0 saturated heterocycles. The second-order valence-corrected chi connectivity index (χ2v) is 11.2. The number of hydrogen-bond acceptors (Lipinski definition) is 9. The molecule has 0 amide bonds. The Bertz CT molecular complexity index is 1650. The summed E-state index contributed by atoms with van der Waals surface area (Å²) in [6.07, 6.45) is 0. The molecule has 4 aromatic rings. The Balaban J connectivity index is 1.68. The van der Waals surface area contributed by atoms with Crippen molar-refractivity contribution >= 4 is 85.8 Å². The highest BCUT2D eigenvalue weighted by atomic mass is 32.1. The van der Waals surface area contributed by atoms with Crippen LogP contribution in [0.25, 0.3) is 38.2 Å². The largest absolute Gasteiger partial charge is 0.480 e. The molecular weight excluding hydrogens is 481 g/mol. The fraction of sp³-hybridized carbons (Fsp3) is 0.143. The smallest absolute Gasteiger partial charge is 0.350 e. The Morgan fingerprint density at radius 1 is 0.906 bits per heavy atom. The van der Waals surface area contributed by atoms with Gasteiger partial charge < -0.3 is 14.4 Å². The molecule has 1 aliphatic rings. The van der Waals surface area contributed by atoms with Crippen LogP contribution >= 0.6 is 45.3 Å². The van der Waals surface area contributed by atoms with Crippen molar-refractivity contribution in [3.8, 4) is 27.6 Å². The summed E-state index contributed by atoms with van der Waals surface area (Å²) in [4.78, 5) is 16.8. The number of rotatable bonds is 2. The van der Waals surface area contributed by atoms with Gasteiger partial charge in [-0.1, -0.05) is 45.8 Å². The van der Waals surface area contributed by atoms with Gasteiger partial charge in [0.05, 0.1) is 28.6 Å². The first-order valence-electron chi connectivity index (χ1n) is 8.93. The minimum Gasteiger partial charge on any atom is -0.480 e. The van der Waals surface area contributed by atoms with Crippen molar-refractivity contribution in [3.05, 3.63) is 40.5 Å². The third kappa shape index (κ3) is 3.00. The molecule has 5 rings (SSSR count). The zero-order valence-corrected chi connectivity index (χ0v) is 19.6. The number of aliphatic imine (C=N–C) groups is 2. The van der Waals surface area contributed by atoms with E-state index in [1.807, 2.05) is 26.0 Å². The second-order valence-electron chi connectivity index (χ2n) is 7.05. The van der Waals surface area contributed by atoms with Gasteiger partial charge in [0, 0.05) is 17.7 Å². The highest BCUT2D eigenvalue weighted by molar-refractivity contribution is 7.35. The first-order chi connectivity index (χ1) is 15.4. The summed E-state index contributed by atoms with van der Waals surface area (Å²) in [7, 11) is 0. The SMILES string of the molecule is [C-]#[N+]C(C#N)=Nc1cc2sc3c(c2s1)OC(C)(C)c1c-3sc2cc(N=C(C#N)[N+]#[C-])sc12. The molecule has 0 aliphatic carbocycles. The highest BCUT2D eigenvalue weighted by Crippen LogP contribution is 2.60. The van der Waals surface area contributed by atoms with E-state index in [4.69, 9.17) is 28.4 Å². The quantitative estimate of drug-likeness (QED) is 0.166. The van der Waals surface area contributed by atoms with Gasteiger partial charge in [-0.25, -0.2) is 10.5 Å². The fourth-order valence-electron chi connectivity index (χ4n) is 3.46. The summed E-state index contributed by atoms with van der Waals surface area (Å²) in [5.74, 6) is 0.438. The Morgan fingerprint density at radius 3 is 2.00 bits per heavy atom. The summed E-state index contributed by atoms with van der Waals surface area (Å²) >= 11 is 6.13. The molecule has 0 saturated carbocycles. The molecule has 7 nitrogen and oxygen atoms in total. The van der Waals surface area contributed by atoms with Gasteiger partial charge in [-0.2, -0.15) is 0 Å². The molecular formula is C21H8N6OS4. The van der Waals surface area contributed by atoms with Gasteiger partial charge in [-0.05, 0) is 13.8 Å². The Labute approximate surface area is 198 Å². The van der Waals surface area contributed by atoms with E-state index in [2.05, 4.69) is 19.7 Å². The van der Waals surface area contributed by atoms with Crippen LogP contribution in [0.3, 0.4) is 0 Å². The second kappa shape index (κ2) is 7.24. The van der Waals surface area contributed by atoms with Crippen LogP contribution in [0.15, 0.2) is 22.1 Å². The summed E-state index contributed by atoms with van der Waals surface area (Å²) in [5.41, 5.74) is 0.490. The van der Waals surface area contributed by atoms with Crippen LogP contribution in [-0.2, 0) is 5.60 Å². The van der Waals surface area contributed by atoms with E-state index in [1.54, 1.807) is 34.8 Å². The third-order valence-corrected chi connectivity index (χ3v) is 9.42. The van der Waals surface area contributed by atoms with Gasteiger partial charge in [0.15, 0.2) is 5.75 Å². The summed E-state index contributed by atoms with van der Waals surface area (Å²) < 4.78 is 10.6. The topological polar surface area (TPSA) is 90.2 Å². The van der Waals surface area contributed by atoms with E-state index in [-0.39, 0.29) is 11.7 Å². The van der Waals surface area contributed by atoms with E-state index in [1.165, 1.54) is 22.7 Å². The Hall–Kier alpha value is -3.58. The van der Waals surface area contributed by atoms with Crippen molar-refractivity contribution in [1.82, 2.24) is 0 Å². The number of nitrogens with zero attached hydrogens (tertiary/aromatic N) is 6. The zero-order valence-electron chi connectivity index (χ0n) is 16.4. The van der Waals surface area contributed by atoms with E-state index < -0.39 is 5.60 Å². The number of fused-ring (bicyclic) bond motifs is 7. The standard InChI is InChI=1S/C21H8N6OS4/c1-21(2)15-17-9(5-13(31-17)26-11(7-22)24-3)29-19(15)20-16(28-21)18-10(30-20)6-14(32-18)27-12(8-23)25-4/h5-6H,1-2H3. The molecule has 0 spiro atoms. The molecule has 0 unspecified atom stereocenters. The van der Waals surface area contributed by atoms with E-state index in [9.17, 15) is 0 Å². The molecule has 1 aliphatic heterocycles. The number of nitriles is 2. The van der Waals surface area contributed by atoms with Crippen molar-refractivity contribution in [1.29, 1.82) is 10.5 Å². The molecule has 11 heteroatoms. The lowest BCUT2D eigenvalue weighted by Gasteiger charge is -2.31. The van der Waals surface area contributed by atoms with Gasteiger partial charge in [-0.15, -0.1) is 22.7 Å². The number of hydrogen-bond donors (Lipinski definition) is 0. The van der Waals surface area contributed by atoms with Crippen LogP contribution in [0.2, 0.25) is 0 Å². The third-order valence-electron chi connectivity index (χ3n) is 4.67. The first-order valence-corrected chi connectivity index (χ1v) is 12.2. The van der Waals surface area contributed by atoms with Crippen molar-refractivity contribution in [3.63, 3.8) is 0 Å². The van der Waals surface area contributed by atoms with Crippen molar-refractivity contribution in [2.75, 3.05) is 0 Å². The molecule has 152 valence electrons. The van der Waals surface area contributed by atoms with Crippen molar-refractivity contribution in [2.45, 2.75) is 19.4 Å². The molecule has 4 aromatic heterocycles. The molecule has 32 heavy (non-hydrogen) atoms. The van der Waals surface area contributed by atoms with Crippen LogP contribution in [0, 0.1) is 35.8 Å². The fourth-order valence-corrected chi connectivity index (χ4v) is 8.75. The maximum Gasteiger partial charge on any atom is 0.350 e. The predicted octanol–water partition coefficient (Wildman–Crippen LogP) is 7.48. The Kier molecular flexibility index (Phi) is 4.60. The minimum atomic E-state index is -0.597. The number of ether oxygens (including phenoxy) is 1. The zero-order chi connectivity index (χ0) is 22.6. The molecule has 5 heterocycles. The van der Waals surface area contributed by atoms with Crippen LogP contribution in [0.1, 0.15) is 19.4 Å². The molecule has 0 radical (unpaired) electrons. The number of thiophene rings is 4. The first kappa shape index (κ1) is 20.3. The highest BCUT2D eigenvalue weighted by Gasteiger charge is 2.40. The maximum absolute atomic E-state index is 9.00. The Morgan fingerprint density at radius 2 is 1.44 bits per heavy atom. The molecule has 0 fully saturated rings. The lowest BCUT2D eigenvalue weighted by atomic mass is 9.95. The van der Waals surface area contributed by atoms with E-state index in [0.717, 1.165) is 39.9 Å². The normalized spacial score (nSPS) is 14.7. The van der Waals surface area contributed by atoms with E-state index in [0.29, 0.717) is 10.0 Å². The predicted molar refractivity (Wildman–Crippen MR) is 131 cm³/mol. The average Bonchev–Trinajstić information content (AvgIpc) is 3.49. The lowest BCUT2D eigenvalue weighted by Crippen LogP contribution is -2.27. The molecule has 0 aromatic carbocycles. The van der Waals surface area contributed by atoms with Crippen molar-refractivity contribution in [2.24, 2.45) is 9.98 Å². The van der Waals surface area contributed by atoms with Crippen LogP contribution < -0.4 is 4.74 Å². The van der Waals surface area contributed by atoms with Gasteiger partial charge in [0.1, 0.15) is 17.7 Å². The van der Waals surface area contributed by atoms with E-state index >= 15 is 0 Å². The van der Waals surface area contributed by atoms with Crippen LogP contribution in [-0.4, -0.2) is 11.7 Å². The maximum atomic E-state index is 9.00. The van der Waals surface area contributed by atoms with Crippen LogP contribution in [0.5, 0.6) is 5.75 Å². The lowest BCUT2D eigenvalue weighted by molar-refractivity contribution is 0.111. The average molecular weight is 489 g/mol. The summed E-state index contributed by atoms with van der Waals surface area (Å²) in [5, 5.41) is 19.2. The molecule has 0 atom stereocenters.